The van der Waals surface area contributed by atoms with Crippen LogP contribution in [0, 0.1) is 0 Å². The van der Waals surface area contributed by atoms with Gasteiger partial charge in [-0.2, -0.15) is 4.99 Å². The van der Waals surface area contributed by atoms with Crippen LogP contribution in [0.3, 0.4) is 0 Å². The van der Waals surface area contributed by atoms with Gasteiger partial charge in [-0.25, -0.2) is 0 Å². The van der Waals surface area contributed by atoms with E-state index in [1.165, 1.54) is 11.3 Å². The molecule has 2 aromatic carbocycles. The summed E-state index contributed by atoms with van der Waals surface area (Å²) in [6, 6.07) is 10.7. The van der Waals surface area contributed by atoms with Crippen molar-refractivity contribution in [3.05, 3.63) is 68.4 Å². The molecule has 1 heterocycles. The van der Waals surface area contributed by atoms with Gasteiger partial charge in [0.25, 0.3) is 5.91 Å². The van der Waals surface area contributed by atoms with Gasteiger partial charge in [-0.1, -0.05) is 56.5 Å². The number of benzene rings is 2. The molecule has 3 rings (SSSR count). The van der Waals surface area contributed by atoms with Crippen molar-refractivity contribution in [2.24, 2.45) is 4.99 Å². The summed E-state index contributed by atoms with van der Waals surface area (Å²) in [5.41, 5.74) is 0.992. The largest absolute Gasteiger partial charge is 0.482 e. The first-order valence-electron chi connectivity index (χ1n) is 7.53. The van der Waals surface area contributed by atoms with E-state index in [1.54, 1.807) is 24.3 Å². The number of rotatable bonds is 5. The molecule has 0 bridgehead atoms. The quantitative estimate of drug-likeness (QED) is 0.463. The normalized spacial score (nSPS) is 11.7. The average Bonchev–Trinajstić information content (AvgIpc) is 2.91. The third-order valence-corrected chi connectivity index (χ3v) is 5.49. The number of carbonyl (C=O) groups is 1. The highest BCUT2D eigenvalue weighted by molar-refractivity contribution is 9.10. The van der Waals surface area contributed by atoms with Crippen molar-refractivity contribution >= 4 is 66.6 Å². The highest BCUT2D eigenvalue weighted by atomic mass is 79.9. The maximum absolute atomic E-state index is 12.3. The molecule has 1 amide bonds. The second kappa shape index (κ2) is 8.39. The summed E-state index contributed by atoms with van der Waals surface area (Å²) in [6.07, 6.45) is 1.77. The lowest BCUT2D eigenvalue weighted by molar-refractivity contribution is -0.120. The number of nitrogens with zero attached hydrogens (tertiary/aromatic N) is 2. The summed E-state index contributed by atoms with van der Waals surface area (Å²) in [5, 5.41) is 0.846. The summed E-state index contributed by atoms with van der Waals surface area (Å²) in [5.74, 6) is -0.0155. The van der Waals surface area contributed by atoms with E-state index >= 15 is 0 Å². The highest BCUT2D eigenvalue weighted by Crippen LogP contribution is 2.27. The van der Waals surface area contributed by atoms with Crippen LogP contribution in [0.4, 0.5) is 0 Å². The Bertz CT molecular complexity index is 1060. The van der Waals surface area contributed by atoms with Crippen LogP contribution >= 0.6 is 50.5 Å². The fourth-order valence-electron chi connectivity index (χ4n) is 2.31. The molecule has 0 radical (unpaired) electrons. The summed E-state index contributed by atoms with van der Waals surface area (Å²) in [6.45, 7) is 4.11. The van der Waals surface area contributed by atoms with Crippen molar-refractivity contribution in [1.29, 1.82) is 0 Å². The van der Waals surface area contributed by atoms with Gasteiger partial charge in [-0.3, -0.25) is 4.79 Å². The molecular weight excluding hydrogens is 459 g/mol. The maximum Gasteiger partial charge on any atom is 0.286 e. The summed E-state index contributed by atoms with van der Waals surface area (Å²) in [4.78, 5) is 17.0. The molecular formula is C18H13BrCl2N2O2S. The summed E-state index contributed by atoms with van der Waals surface area (Å²) < 4.78 is 9.38. The molecule has 0 aliphatic rings. The SMILES string of the molecule is C=CCn1c(=NC(=O)COc2ccc(Cl)cc2Cl)sc2cc(Br)ccc21. The smallest absolute Gasteiger partial charge is 0.286 e. The third kappa shape index (κ3) is 4.38. The average molecular weight is 472 g/mol. The molecule has 8 heteroatoms. The molecule has 0 unspecified atom stereocenters. The van der Waals surface area contributed by atoms with Crippen LogP contribution < -0.4 is 9.54 Å². The van der Waals surface area contributed by atoms with Crippen molar-refractivity contribution in [2.45, 2.75) is 6.54 Å². The summed E-state index contributed by atoms with van der Waals surface area (Å²) >= 11 is 16.8. The number of thiazole rings is 1. The van der Waals surface area contributed by atoms with E-state index < -0.39 is 5.91 Å². The van der Waals surface area contributed by atoms with Gasteiger partial charge in [-0.15, -0.1) is 6.58 Å². The van der Waals surface area contributed by atoms with Crippen LogP contribution in [-0.2, 0) is 11.3 Å². The van der Waals surface area contributed by atoms with E-state index in [9.17, 15) is 4.79 Å². The molecule has 3 aromatic rings. The van der Waals surface area contributed by atoms with Gasteiger partial charge in [0.15, 0.2) is 11.4 Å². The zero-order chi connectivity index (χ0) is 18.7. The molecule has 0 fully saturated rings. The van der Waals surface area contributed by atoms with Crippen LogP contribution in [0.5, 0.6) is 5.75 Å². The van der Waals surface area contributed by atoms with Crippen molar-refractivity contribution in [3.63, 3.8) is 0 Å². The zero-order valence-corrected chi connectivity index (χ0v) is 17.3. The van der Waals surface area contributed by atoms with Gasteiger partial charge >= 0.3 is 0 Å². The molecule has 4 nitrogen and oxygen atoms in total. The Morgan fingerprint density at radius 3 is 2.85 bits per heavy atom. The van der Waals surface area contributed by atoms with E-state index in [0.717, 1.165) is 14.7 Å². The van der Waals surface area contributed by atoms with E-state index in [4.69, 9.17) is 27.9 Å². The number of aromatic nitrogens is 1. The fraction of sp³-hybridized carbons (Fsp3) is 0.111. The van der Waals surface area contributed by atoms with Gasteiger partial charge in [0.1, 0.15) is 5.75 Å². The Labute approximate surface area is 172 Å². The van der Waals surface area contributed by atoms with Gasteiger partial charge in [0.05, 0.1) is 15.2 Å². The Morgan fingerprint density at radius 2 is 2.12 bits per heavy atom. The summed E-state index contributed by atoms with van der Waals surface area (Å²) in [7, 11) is 0. The van der Waals surface area contributed by atoms with Crippen molar-refractivity contribution in [1.82, 2.24) is 4.57 Å². The number of carbonyl (C=O) groups excluding carboxylic acids is 1. The number of halogens is 3. The number of ether oxygens (including phenoxy) is 1. The lowest BCUT2D eigenvalue weighted by Crippen LogP contribution is -2.19. The first-order valence-corrected chi connectivity index (χ1v) is 9.89. The Kier molecular flexibility index (Phi) is 6.19. The van der Waals surface area contributed by atoms with Crippen LogP contribution in [0.25, 0.3) is 10.2 Å². The number of fused-ring (bicyclic) bond motifs is 1. The van der Waals surface area contributed by atoms with E-state index in [2.05, 4.69) is 27.5 Å². The molecule has 0 saturated carbocycles. The standard InChI is InChI=1S/C18H13BrCl2N2O2S/c1-2-7-23-14-5-3-11(19)8-16(14)26-18(23)22-17(24)10-25-15-6-4-12(20)9-13(15)21/h2-6,8-9H,1,7,10H2. The van der Waals surface area contributed by atoms with Gasteiger partial charge < -0.3 is 9.30 Å². The number of hydrogen-bond acceptors (Lipinski definition) is 3. The lowest BCUT2D eigenvalue weighted by Gasteiger charge is -2.05. The molecule has 0 N–H and O–H groups in total. The predicted molar refractivity (Wildman–Crippen MR) is 110 cm³/mol. The van der Waals surface area contributed by atoms with Gasteiger partial charge in [0, 0.05) is 16.0 Å². The van der Waals surface area contributed by atoms with Crippen molar-refractivity contribution in [2.75, 3.05) is 6.61 Å². The molecule has 0 aliphatic heterocycles. The Hall–Kier alpha value is -1.60. The molecule has 0 spiro atoms. The minimum atomic E-state index is -0.403. The topological polar surface area (TPSA) is 43.6 Å². The Morgan fingerprint density at radius 1 is 1.31 bits per heavy atom. The minimum absolute atomic E-state index is 0.215. The van der Waals surface area contributed by atoms with E-state index in [1.807, 2.05) is 22.8 Å². The van der Waals surface area contributed by atoms with E-state index in [0.29, 0.717) is 27.1 Å². The fourth-order valence-corrected chi connectivity index (χ4v) is 4.38. The van der Waals surface area contributed by atoms with Crippen molar-refractivity contribution < 1.29 is 9.53 Å². The second-order valence-electron chi connectivity index (χ2n) is 5.26. The highest BCUT2D eigenvalue weighted by Gasteiger charge is 2.09. The van der Waals surface area contributed by atoms with Crippen LogP contribution in [0.15, 0.2) is 58.5 Å². The third-order valence-electron chi connectivity index (χ3n) is 3.42. The maximum atomic E-state index is 12.3. The van der Waals surface area contributed by atoms with Gasteiger partial charge in [-0.05, 0) is 36.4 Å². The number of allylic oxidation sites excluding steroid dienone is 1. The second-order valence-corrected chi connectivity index (χ2v) is 8.03. The molecule has 134 valence electrons. The van der Waals surface area contributed by atoms with E-state index in [-0.39, 0.29) is 6.61 Å². The van der Waals surface area contributed by atoms with Crippen LogP contribution in [0.1, 0.15) is 0 Å². The number of amides is 1. The zero-order valence-electron chi connectivity index (χ0n) is 13.4. The van der Waals surface area contributed by atoms with Crippen molar-refractivity contribution in [3.8, 4) is 5.75 Å². The molecule has 0 saturated heterocycles. The van der Waals surface area contributed by atoms with Crippen LogP contribution in [-0.4, -0.2) is 17.1 Å². The molecule has 1 aromatic heterocycles. The molecule has 0 atom stereocenters. The lowest BCUT2D eigenvalue weighted by atomic mass is 10.3. The first kappa shape index (κ1) is 19.2. The minimum Gasteiger partial charge on any atom is -0.482 e. The molecule has 0 aliphatic carbocycles. The number of hydrogen-bond donors (Lipinski definition) is 0. The first-order chi connectivity index (χ1) is 12.5. The monoisotopic (exact) mass is 470 g/mol. The predicted octanol–water partition coefficient (Wildman–Crippen LogP) is 5.46. The van der Waals surface area contributed by atoms with Gasteiger partial charge in [0.2, 0.25) is 0 Å². The Balaban J connectivity index is 1.87. The van der Waals surface area contributed by atoms with Crippen LogP contribution in [0.2, 0.25) is 10.0 Å². The molecule has 26 heavy (non-hydrogen) atoms.